The van der Waals surface area contributed by atoms with Crippen molar-refractivity contribution in [3.8, 4) is 17.2 Å². The summed E-state index contributed by atoms with van der Waals surface area (Å²) >= 11 is 0. The molecule has 1 aliphatic heterocycles. The van der Waals surface area contributed by atoms with Crippen LogP contribution in [0.5, 0.6) is 17.2 Å². The molecule has 0 N–H and O–H groups in total. The predicted octanol–water partition coefficient (Wildman–Crippen LogP) is 7.57. The molecule has 4 aromatic rings. The second kappa shape index (κ2) is 13.0. The predicted molar refractivity (Wildman–Crippen MR) is 153 cm³/mol. The Bertz CT molecular complexity index is 1330. The van der Waals surface area contributed by atoms with Crippen molar-refractivity contribution in [2.45, 2.75) is 31.3 Å². The van der Waals surface area contributed by atoms with Gasteiger partial charge >= 0.3 is 0 Å². The first-order valence-corrected chi connectivity index (χ1v) is 13.7. The number of fused-ring (bicyclic) bond motifs is 1. The lowest BCUT2D eigenvalue weighted by molar-refractivity contribution is 0.139. The van der Waals surface area contributed by atoms with Gasteiger partial charge in [-0.15, -0.1) is 0 Å². The molecule has 6 heteroatoms. The monoisotopic (exact) mass is 543 g/mol. The van der Waals surface area contributed by atoms with Crippen molar-refractivity contribution in [1.82, 2.24) is 4.90 Å². The number of hydrogen-bond donors (Lipinski definition) is 0. The first kappa shape index (κ1) is 27.7. The number of ether oxygens (including phenoxy) is 3. The molecule has 0 aliphatic carbocycles. The Morgan fingerprint density at radius 2 is 1.40 bits per heavy atom. The molecule has 0 radical (unpaired) electrons. The normalized spacial score (nSPS) is 15.4. The molecule has 1 heterocycles. The average molecular weight is 544 g/mol. The number of methoxy groups -OCH3 is 2. The highest BCUT2D eigenvalue weighted by Crippen LogP contribution is 2.37. The van der Waals surface area contributed by atoms with Crippen LogP contribution in [0.15, 0.2) is 91.0 Å². The van der Waals surface area contributed by atoms with E-state index in [4.69, 9.17) is 14.2 Å². The lowest BCUT2D eigenvalue weighted by atomic mass is 9.87. The van der Waals surface area contributed by atoms with E-state index in [1.807, 2.05) is 60.7 Å². The van der Waals surface area contributed by atoms with Crippen LogP contribution >= 0.6 is 0 Å². The van der Waals surface area contributed by atoms with Gasteiger partial charge in [-0.2, -0.15) is 0 Å². The van der Waals surface area contributed by atoms with Crippen molar-refractivity contribution >= 4 is 0 Å². The fourth-order valence-electron chi connectivity index (χ4n) is 5.56. The van der Waals surface area contributed by atoms with Gasteiger partial charge in [0.2, 0.25) is 0 Å². The van der Waals surface area contributed by atoms with Crippen LogP contribution in [-0.4, -0.2) is 38.8 Å². The van der Waals surface area contributed by atoms with Gasteiger partial charge in [0.25, 0.3) is 0 Å². The molecule has 0 amide bonds. The number of nitrogens with zero attached hydrogens (tertiary/aromatic N) is 1. The third-order valence-electron chi connectivity index (χ3n) is 7.65. The summed E-state index contributed by atoms with van der Waals surface area (Å²) in [6.45, 7) is 2.49. The second-order valence-electron chi connectivity index (χ2n) is 10.2. The van der Waals surface area contributed by atoms with E-state index < -0.39 is 0 Å². The van der Waals surface area contributed by atoms with Crippen LogP contribution < -0.4 is 14.2 Å². The molecule has 0 fully saturated rings. The van der Waals surface area contributed by atoms with Gasteiger partial charge in [0.15, 0.2) is 11.5 Å². The Labute approximate surface area is 235 Å². The lowest BCUT2D eigenvalue weighted by Gasteiger charge is -2.27. The first-order valence-electron chi connectivity index (χ1n) is 13.7. The van der Waals surface area contributed by atoms with Gasteiger partial charge in [0.05, 0.1) is 14.2 Å². The summed E-state index contributed by atoms with van der Waals surface area (Å²) in [5.41, 5.74) is 4.36. The molecule has 4 aromatic carbocycles. The zero-order valence-electron chi connectivity index (χ0n) is 23.0. The van der Waals surface area contributed by atoms with E-state index in [1.54, 1.807) is 14.2 Å². The fraction of sp³-hybridized carbons (Fsp3) is 0.294. The summed E-state index contributed by atoms with van der Waals surface area (Å²) in [4.78, 5) is 2.44. The van der Waals surface area contributed by atoms with Gasteiger partial charge in [0.1, 0.15) is 23.5 Å². The minimum absolute atomic E-state index is 0.0512. The van der Waals surface area contributed by atoms with Crippen LogP contribution in [-0.2, 0) is 6.42 Å². The van der Waals surface area contributed by atoms with E-state index in [0.29, 0.717) is 5.75 Å². The SMILES string of the molecule is COc1cc2c(cc1OC)C(Oc1ccccc1)CN(CCCC(c1ccc(F)cc1)c1ccc(F)cc1)CC2. The average Bonchev–Trinajstić information content (AvgIpc) is 3.15. The molecule has 4 nitrogen and oxygen atoms in total. The maximum Gasteiger partial charge on any atom is 0.161 e. The molecule has 1 unspecified atom stereocenters. The van der Waals surface area contributed by atoms with E-state index in [0.717, 1.165) is 67.1 Å². The third kappa shape index (κ3) is 6.62. The summed E-state index contributed by atoms with van der Waals surface area (Å²) in [6.07, 6.45) is 2.46. The molecular formula is C34H35F2NO3. The van der Waals surface area contributed by atoms with E-state index >= 15 is 0 Å². The summed E-state index contributed by atoms with van der Waals surface area (Å²) in [6, 6.07) is 27.3. The maximum atomic E-state index is 13.7. The van der Waals surface area contributed by atoms with Crippen LogP contribution in [0.25, 0.3) is 0 Å². The maximum absolute atomic E-state index is 13.7. The molecule has 5 rings (SSSR count). The topological polar surface area (TPSA) is 30.9 Å². The van der Waals surface area contributed by atoms with Crippen molar-refractivity contribution in [2.75, 3.05) is 33.9 Å². The van der Waals surface area contributed by atoms with Crippen molar-refractivity contribution in [1.29, 1.82) is 0 Å². The first-order chi connectivity index (χ1) is 19.5. The molecule has 0 saturated heterocycles. The van der Waals surface area contributed by atoms with Crippen LogP contribution in [0.2, 0.25) is 0 Å². The fourth-order valence-corrected chi connectivity index (χ4v) is 5.56. The van der Waals surface area contributed by atoms with E-state index in [1.165, 1.54) is 29.8 Å². The molecule has 0 spiro atoms. The van der Waals surface area contributed by atoms with Gasteiger partial charge in [0, 0.05) is 24.6 Å². The highest BCUT2D eigenvalue weighted by Gasteiger charge is 2.27. The number of benzene rings is 4. The summed E-state index contributed by atoms with van der Waals surface area (Å²) in [7, 11) is 3.31. The number of hydrogen-bond acceptors (Lipinski definition) is 4. The van der Waals surface area contributed by atoms with Crippen LogP contribution in [0.1, 0.15) is 47.1 Å². The Balaban J connectivity index is 1.34. The highest BCUT2D eigenvalue weighted by atomic mass is 19.1. The minimum Gasteiger partial charge on any atom is -0.493 e. The van der Waals surface area contributed by atoms with Gasteiger partial charge in [-0.1, -0.05) is 42.5 Å². The van der Waals surface area contributed by atoms with Crippen LogP contribution in [0.4, 0.5) is 8.78 Å². The standard InChI is InChI=1S/C34H35F2NO3/c1-38-32-21-26-18-20-37(23-34(31(26)22-33(32)39-2)40-29-7-4-3-5-8-29)19-6-9-30(24-10-14-27(35)15-11-24)25-12-16-28(36)17-13-25/h3-5,7-8,10-17,21-22,30,34H,6,9,18-20,23H2,1-2H3. The lowest BCUT2D eigenvalue weighted by Crippen LogP contribution is -2.31. The molecule has 208 valence electrons. The van der Waals surface area contributed by atoms with Gasteiger partial charge < -0.3 is 14.2 Å². The number of halogens is 2. The minimum atomic E-state index is -0.261. The van der Waals surface area contributed by atoms with Crippen LogP contribution in [0, 0.1) is 11.6 Å². The highest BCUT2D eigenvalue weighted by molar-refractivity contribution is 5.49. The van der Waals surface area contributed by atoms with Crippen molar-refractivity contribution in [2.24, 2.45) is 0 Å². The molecule has 0 saturated carbocycles. The summed E-state index contributed by atoms with van der Waals surface area (Å²) in [5, 5.41) is 0. The Kier molecular flexibility index (Phi) is 8.97. The molecule has 1 atom stereocenters. The number of rotatable bonds is 10. The van der Waals surface area contributed by atoms with E-state index in [2.05, 4.69) is 11.0 Å². The van der Waals surface area contributed by atoms with Crippen LogP contribution in [0.3, 0.4) is 0 Å². The van der Waals surface area contributed by atoms with Crippen molar-refractivity contribution in [3.63, 3.8) is 0 Å². The van der Waals surface area contributed by atoms with Gasteiger partial charge in [-0.25, -0.2) is 8.78 Å². The third-order valence-corrected chi connectivity index (χ3v) is 7.65. The zero-order valence-corrected chi connectivity index (χ0v) is 23.0. The van der Waals surface area contributed by atoms with Gasteiger partial charge in [-0.3, -0.25) is 4.90 Å². The quantitative estimate of drug-likeness (QED) is 0.206. The summed E-state index contributed by atoms with van der Waals surface area (Å²) < 4.78 is 45.1. The van der Waals surface area contributed by atoms with E-state index in [-0.39, 0.29) is 23.7 Å². The van der Waals surface area contributed by atoms with Crippen molar-refractivity contribution in [3.05, 3.63) is 125 Å². The number of para-hydroxylation sites is 1. The summed E-state index contributed by atoms with van der Waals surface area (Å²) in [5.74, 6) is 1.76. The Hall–Kier alpha value is -3.90. The molecule has 0 aromatic heterocycles. The molecule has 0 bridgehead atoms. The Morgan fingerprint density at radius 3 is 2.00 bits per heavy atom. The molecule has 1 aliphatic rings. The smallest absolute Gasteiger partial charge is 0.161 e. The largest absolute Gasteiger partial charge is 0.493 e. The van der Waals surface area contributed by atoms with E-state index in [9.17, 15) is 8.78 Å². The Morgan fingerprint density at radius 1 is 0.800 bits per heavy atom. The molecular weight excluding hydrogens is 508 g/mol. The molecule has 40 heavy (non-hydrogen) atoms. The second-order valence-corrected chi connectivity index (χ2v) is 10.2. The van der Waals surface area contributed by atoms with Gasteiger partial charge in [-0.05, 0) is 91.0 Å². The van der Waals surface area contributed by atoms with Crippen molar-refractivity contribution < 1.29 is 23.0 Å². The zero-order chi connectivity index (χ0) is 27.9.